The first-order chi connectivity index (χ1) is 14.1. The van der Waals surface area contributed by atoms with Crippen molar-refractivity contribution in [3.8, 4) is 0 Å². The van der Waals surface area contributed by atoms with Crippen molar-refractivity contribution >= 4 is 34.3 Å². The number of nitrogens with two attached hydrogens (primary N) is 2. The number of benzene rings is 1. The summed E-state index contributed by atoms with van der Waals surface area (Å²) in [7, 11) is 0. The van der Waals surface area contributed by atoms with Crippen LogP contribution in [0.1, 0.15) is 12.8 Å². The lowest BCUT2D eigenvalue weighted by Crippen LogP contribution is -2.49. The molecule has 0 bridgehead atoms. The molecule has 0 radical (unpaired) electrons. The summed E-state index contributed by atoms with van der Waals surface area (Å²) in [5.41, 5.74) is 13.3. The molecule has 0 aliphatic carbocycles. The van der Waals surface area contributed by atoms with Crippen LogP contribution >= 0.6 is 11.8 Å². The van der Waals surface area contributed by atoms with E-state index in [9.17, 15) is 4.39 Å². The maximum Gasteiger partial charge on any atom is 0.158 e. The zero-order valence-electron chi connectivity index (χ0n) is 15.9. The molecule has 4 heterocycles. The van der Waals surface area contributed by atoms with E-state index in [1.807, 2.05) is 18.2 Å². The number of rotatable bonds is 3. The van der Waals surface area contributed by atoms with Crippen LogP contribution in [-0.4, -0.2) is 47.3 Å². The number of aromatic amines is 1. The first-order valence-corrected chi connectivity index (χ1v) is 10.5. The zero-order valence-corrected chi connectivity index (χ0v) is 16.7. The van der Waals surface area contributed by atoms with Crippen LogP contribution in [-0.2, 0) is 4.74 Å². The maximum absolute atomic E-state index is 14.1. The van der Waals surface area contributed by atoms with Gasteiger partial charge >= 0.3 is 0 Å². The van der Waals surface area contributed by atoms with Gasteiger partial charge in [0.15, 0.2) is 5.82 Å². The minimum Gasteiger partial charge on any atom is -0.381 e. The van der Waals surface area contributed by atoms with E-state index < -0.39 is 0 Å². The second kappa shape index (κ2) is 7.16. The van der Waals surface area contributed by atoms with Gasteiger partial charge in [-0.3, -0.25) is 0 Å². The number of hydrogen-bond donors (Lipinski definition) is 3. The third-order valence-corrected chi connectivity index (χ3v) is 7.20. The summed E-state index contributed by atoms with van der Waals surface area (Å²) in [6.07, 6.45) is 5.05. The van der Waals surface area contributed by atoms with Crippen molar-refractivity contribution in [1.82, 2.24) is 15.0 Å². The van der Waals surface area contributed by atoms with Gasteiger partial charge in [0.2, 0.25) is 0 Å². The Morgan fingerprint density at radius 2 is 2.14 bits per heavy atom. The summed E-state index contributed by atoms with van der Waals surface area (Å²) in [6.45, 7) is 3.09. The van der Waals surface area contributed by atoms with Crippen molar-refractivity contribution < 1.29 is 9.13 Å². The molecular formula is C20H23FN6OS. The van der Waals surface area contributed by atoms with Crippen LogP contribution in [0.25, 0.3) is 10.9 Å². The van der Waals surface area contributed by atoms with E-state index in [0.717, 1.165) is 48.8 Å². The first kappa shape index (κ1) is 18.7. The molecule has 5 rings (SSSR count). The van der Waals surface area contributed by atoms with E-state index in [4.69, 9.17) is 16.2 Å². The lowest BCUT2D eigenvalue weighted by Gasteiger charge is -2.41. The minimum atomic E-state index is -0.289. The molecule has 152 valence electrons. The van der Waals surface area contributed by atoms with Crippen molar-refractivity contribution in [2.24, 2.45) is 11.1 Å². The molecule has 1 spiro atoms. The second-order valence-corrected chi connectivity index (χ2v) is 8.84. The Morgan fingerprint density at radius 1 is 1.31 bits per heavy atom. The molecule has 29 heavy (non-hydrogen) atoms. The van der Waals surface area contributed by atoms with E-state index in [-0.39, 0.29) is 17.3 Å². The van der Waals surface area contributed by atoms with Gasteiger partial charge in [0.1, 0.15) is 16.7 Å². The molecule has 2 saturated heterocycles. The number of ether oxygens (including phenoxy) is 1. The van der Waals surface area contributed by atoms with Gasteiger partial charge < -0.3 is 26.1 Å². The first-order valence-electron chi connectivity index (χ1n) is 9.70. The van der Waals surface area contributed by atoms with Crippen LogP contribution in [0.2, 0.25) is 0 Å². The molecule has 3 aromatic rings. The van der Waals surface area contributed by atoms with Crippen LogP contribution in [0, 0.1) is 11.2 Å². The molecule has 1 atom stereocenters. The third kappa shape index (κ3) is 3.23. The summed E-state index contributed by atoms with van der Waals surface area (Å²) in [6, 6.07) is 5.68. The number of nitrogen functional groups attached to an aromatic ring is 1. The van der Waals surface area contributed by atoms with Crippen molar-refractivity contribution in [2.45, 2.75) is 28.8 Å². The number of piperidine rings is 1. The standard InChI is InChI=1S/C20H23FN6OS/c21-12-8-24-13-2-1-3-14(17(12)13)29-19-18(23)26-16(9-25-19)27-6-4-20(5-7-27)11-28-10-15(20)22/h1-3,8-9,15,24H,4-7,10-11,22H2,(H2,23,26)/t15-/m1/s1. The number of H-pyrrole nitrogens is 1. The molecular weight excluding hydrogens is 391 g/mol. The highest BCUT2D eigenvalue weighted by Crippen LogP contribution is 2.40. The Hall–Kier alpha value is -2.36. The van der Waals surface area contributed by atoms with Gasteiger partial charge in [0.25, 0.3) is 0 Å². The highest BCUT2D eigenvalue weighted by atomic mass is 32.2. The van der Waals surface area contributed by atoms with Crippen molar-refractivity contribution in [1.29, 1.82) is 0 Å². The smallest absolute Gasteiger partial charge is 0.158 e. The van der Waals surface area contributed by atoms with E-state index in [0.29, 0.717) is 22.8 Å². The van der Waals surface area contributed by atoms with Gasteiger partial charge in [0.05, 0.1) is 19.4 Å². The Morgan fingerprint density at radius 3 is 2.86 bits per heavy atom. The lowest BCUT2D eigenvalue weighted by atomic mass is 9.75. The zero-order chi connectivity index (χ0) is 20.0. The predicted molar refractivity (Wildman–Crippen MR) is 111 cm³/mol. The monoisotopic (exact) mass is 414 g/mol. The Balaban J connectivity index is 1.34. The van der Waals surface area contributed by atoms with Crippen LogP contribution in [0.4, 0.5) is 16.0 Å². The maximum atomic E-state index is 14.1. The summed E-state index contributed by atoms with van der Waals surface area (Å²) < 4.78 is 19.7. The van der Waals surface area contributed by atoms with Crippen molar-refractivity contribution in [3.63, 3.8) is 0 Å². The lowest BCUT2D eigenvalue weighted by molar-refractivity contribution is 0.131. The predicted octanol–water partition coefficient (Wildman–Crippen LogP) is 2.77. The number of fused-ring (bicyclic) bond motifs is 1. The van der Waals surface area contributed by atoms with E-state index >= 15 is 0 Å². The highest BCUT2D eigenvalue weighted by Gasteiger charge is 2.44. The van der Waals surface area contributed by atoms with E-state index in [1.165, 1.54) is 18.0 Å². The fourth-order valence-electron chi connectivity index (χ4n) is 4.28. The molecule has 0 amide bonds. The number of halogens is 1. The van der Waals surface area contributed by atoms with Gasteiger partial charge in [-0.25, -0.2) is 14.4 Å². The summed E-state index contributed by atoms with van der Waals surface area (Å²) in [4.78, 5) is 15.0. The third-order valence-electron chi connectivity index (χ3n) is 6.13. The summed E-state index contributed by atoms with van der Waals surface area (Å²) in [5.74, 6) is 0.824. The van der Waals surface area contributed by atoms with Crippen molar-refractivity contribution in [2.75, 3.05) is 36.9 Å². The van der Waals surface area contributed by atoms with Gasteiger partial charge in [-0.2, -0.15) is 0 Å². The van der Waals surface area contributed by atoms with Gasteiger partial charge in [0, 0.05) is 46.5 Å². The second-order valence-electron chi connectivity index (χ2n) is 7.81. The van der Waals surface area contributed by atoms with Crippen LogP contribution in [0.3, 0.4) is 0 Å². The summed E-state index contributed by atoms with van der Waals surface area (Å²) in [5, 5.41) is 1.11. The van der Waals surface area contributed by atoms with Gasteiger partial charge in [-0.15, -0.1) is 0 Å². The van der Waals surface area contributed by atoms with Crippen LogP contribution < -0.4 is 16.4 Å². The molecule has 7 nitrogen and oxygen atoms in total. The van der Waals surface area contributed by atoms with Gasteiger partial charge in [-0.05, 0) is 25.0 Å². The number of nitrogens with zero attached hydrogens (tertiary/aromatic N) is 3. The fourth-order valence-corrected chi connectivity index (χ4v) is 5.20. The average molecular weight is 415 g/mol. The Bertz CT molecular complexity index is 1050. The molecule has 5 N–H and O–H groups in total. The number of nitrogens with one attached hydrogen (secondary N) is 1. The molecule has 2 aromatic heterocycles. The topological polar surface area (TPSA) is 106 Å². The Kier molecular flexibility index (Phi) is 4.60. The number of hydrogen-bond acceptors (Lipinski definition) is 7. The largest absolute Gasteiger partial charge is 0.381 e. The molecule has 2 aliphatic rings. The van der Waals surface area contributed by atoms with E-state index in [1.54, 1.807) is 6.20 Å². The molecule has 1 aromatic carbocycles. The van der Waals surface area contributed by atoms with Crippen molar-refractivity contribution in [3.05, 3.63) is 36.4 Å². The SMILES string of the molecule is Nc1nc(N2CCC3(CC2)COC[C@H]3N)cnc1Sc1cccc2[nH]cc(F)c12. The van der Waals surface area contributed by atoms with E-state index in [2.05, 4.69) is 19.9 Å². The molecule has 9 heteroatoms. The fraction of sp³-hybridized carbons (Fsp3) is 0.400. The van der Waals surface area contributed by atoms with Gasteiger partial charge in [-0.1, -0.05) is 17.8 Å². The summed E-state index contributed by atoms with van der Waals surface area (Å²) >= 11 is 1.32. The number of aromatic nitrogens is 3. The Labute approximate surface area is 172 Å². The molecule has 0 saturated carbocycles. The quantitative estimate of drug-likeness (QED) is 0.605. The average Bonchev–Trinajstić information content (AvgIpc) is 3.28. The molecule has 0 unspecified atom stereocenters. The van der Waals surface area contributed by atoms with Crippen LogP contribution in [0.5, 0.6) is 0 Å². The van der Waals surface area contributed by atoms with Crippen LogP contribution in [0.15, 0.2) is 40.5 Å². The minimum absolute atomic E-state index is 0.0879. The normalized spacial score (nSPS) is 21.3. The highest BCUT2D eigenvalue weighted by molar-refractivity contribution is 7.99. The molecule has 2 aliphatic heterocycles. The number of anilines is 2. The molecule has 2 fully saturated rings.